The van der Waals surface area contributed by atoms with Crippen molar-refractivity contribution in [3.63, 3.8) is 0 Å². The Labute approximate surface area is 118 Å². The second-order valence-electron chi connectivity index (χ2n) is 6.05. The zero-order valence-corrected chi connectivity index (χ0v) is 12.7. The molecule has 0 aliphatic heterocycles. The summed E-state index contributed by atoms with van der Waals surface area (Å²) in [5.74, 6) is 0.540. The predicted octanol–water partition coefficient (Wildman–Crippen LogP) is 2.16. The summed E-state index contributed by atoms with van der Waals surface area (Å²) in [7, 11) is 0. The third-order valence-electron chi connectivity index (χ3n) is 4.72. The average Bonchev–Trinajstić information content (AvgIpc) is 2.86. The zero-order chi connectivity index (χ0) is 14.0. The van der Waals surface area contributed by atoms with E-state index < -0.39 is 0 Å². The molecule has 1 aromatic rings. The van der Waals surface area contributed by atoms with E-state index in [-0.39, 0.29) is 23.3 Å². The van der Waals surface area contributed by atoms with Crippen LogP contribution in [0, 0.1) is 17.3 Å². The van der Waals surface area contributed by atoms with Crippen molar-refractivity contribution in [2.75, 3.05) is 0 Å². The molecule has 1 saturated carbocycles. The Morgan fingerprint density at radius 2 is 2.32 bits per heavy atom. The largest absolute Gasteiger partial charge is 0.349 e. The van der Waals surface area contributed by atoms with Crippen LogP contribution < -0.4 is 11.1 Å². The van der Waals surface area contributed by atoms with Gasteiger partial charge in [-0.3, -0.25) is 4.79 Å². The van der Waals surface area contributed by atoms with Crippen LogP contribution in [0.25, 0.3) is 0 Å². The lowest BCUT2D eigenvalue weighted by molar-refractivity contribution is -0.132. The topological polar surface area (TPSA) is 68.0 Å². The van der Waals surface area contributed by atoms with Crippen molar-refractivity contribution in [2.45, 2.75) is 46.2 Å². The first-order chi connectivity index (χ1) is 8.93. The van der Waals surface area contributed by atoms with Crippen LogP contribution in [0.3, 0.4) is 0 Å². The Morgan fingerprint density at radius 1 is 1.58 bits per heavy atom. The number of amides is 1. The molecule has 0 radical (unpaired) electrons. The Hall–Kier alpha value is -0.940. The number of nitrogens with zero attached hydrogens (tertiary/aromatic N) is 1. The molecular weight excluding hydrogens is 258 g/mol. The first kappa shape index (κ1) is 14.5. The predicted molar refractivity (Wildman–Crippen MR) is 77.6 cm³/mol. The maximum absolute atomic E-state index is 12.4. The monoisotopic (exact) mass is 281 g/mol. The molecule has 1 aliphatic carbocycles. The van der Waals surface area contributed by atoms with Gasteiger partial charge in [0.05, 0.1) is 6.54 Å². The number of rotatable bonds is 3. The average molecular weight is 281 g/mol. The van der Waals surface area contributed by atoms with Gasteiger partial charge in [-0.15, -0.1) is 11.3 Å². The second-order valence-corrected chi connectivity index (χ2v) is 7.03. The van der Waals surface area contributed by atoms with Gasteiger partial charge in [0.2, 0.25) is 5.91 Å². The highest BCUT2D eigenvalue weighted by molar-refractivity contribution is 7.09. The molecule has 2 rings (SSSR count). The van der Waals surface area contributed by atoms with Crippen molar-refractivity contribution in [3.8, 4) is 0 Å². The molecule has 19 heavy (non-hydrogen) atoms. The Bertz CT molecular complexity index is 430. The number of nitrogens with one attached hydrogen (secondary N) is 1. The van der Waals surface area contributed by atoms with Crippen molar-refractivity contribution in [1.82, 2.24) is 10.3 Å². The van der Waals surface area contributed by atoms with Crippen LogP contribution in [0.15, 0.2) is 11.6 Å². The summed E-state index contributed by atoms with van der Waals surface area (Å²) in [6, 6.07) is 0.206. The van der Waals surface area contributed by atoms with Crippen LogP contribution in [0.5, 0.6) is 0 Å². The molecule has 0 saturated heterocycles. The summed E-state index contributed by atoms with van der Waals surface area (Å²) in [5.41, 5.74) is 6.08. The van der Waals surface area contributed by atoms with Crippen molar-refractivity contribution in [1.29, 1.82) is 0 Å². The Morgan fingerprint density at radius 3 is 2.95 bits per heavy atom. The number of nitrogens with two attached hydrogens (primary N) is 1. The highest BCUT2D eigenvalue weighted by Gasteiger charge is 2.44. The fourth-order valence-corrected chi connectivity index (χ4v) is 3.50. The van der Waals surface area contributed by atoms with Crippen LogP contribution in [0.2, 0.25) is 0 Å². The second kappa shape index (κ2) is 5.59. The van der Waals surface area contributed by atoms with Gasteiger partial charge in [-0.05, 0) is 24.2 Å². The number of carbonyl (C=O) groups excluding carboxylic acids is 1. The molecule has 1 fully saturated rings. The van der Waals surface area contributed by atoms with Crippen molar-refractivity contribution < 1.29 is 4.79 Å². The van der Waals surface area contributed by atoms with Gasteiger partial charge < -0.3 is 11.1 Å². The number of hydrogen-bond donors (Lipinski definition) is 2. The first-order valence-electron chi connectivity index (χ1n) is 6.84. The third kappa shape index (κ3) is 2.98. The molecule has 1 aromatic heterocycles. The van der Waals surface area contributed by atoms with Crippen molar-refractivity contribution in [3.05, 3.63) is 16.6 Å². The normalized spacial score (nSPS) is 30.0. The smallest absolute Gasteiger partial charge is 0.224 e. The molecule has 1 heterocycles. The van der Waals surface area contributed by atoms with Crippen molar-refractivity contribution in [2.24, 2.45) is 23.0 Å². The summed E-state index contributed by atoms with van der Waals surface area (Å²) in [5, 5.41) is 5.89. The van der Waals surface area contributed by atoms with E-state index in [4.69, 9.17) is 5.73 Å². The summed E-state index contributed by atoms with van der Waals surface area (Å²) in [4.78, 5) is 16.6. The summed E-state index contributed by atoms with van der Waals surface area (Å²) < 4.78 is 0. The SMILES string of the molecule is CC1C(N)CCC(C(=O)NCc2nccs2)C1(C)C. The lowest BCUT2D eigenvalue weighted by Crippen LogP contribution is -2.51. The fourth-order valence-electron chi connectivity index (χ4n) is 2.95. The minimum absolute atomic E-state index is 0.0438. The van der Waals surface area contributed by atoms with Gasteiger partial charge in [0.15, 0.2) is 0 Å². The molecule has 5 heteroatoms. The van der Waals surface area contributed by atoms with Gasteiger partial charge in [-0.1, -0.05) is 20.8 Å². The van der Waals surface area contributed by atoms with Gasteiger partial charge in [-0.25, -0.2) is 4.98 Å². The lowest BCUT2D eigenvalue weighted by Gasteiger charge is -2.46. The molecule has 3 atom stereocenters. The number of carbonyl (C=O) groups is 1. The van der Waals surface area contributed by atoms with Crippen LogP contribution in [-0.2, 0) is 11.3 Å². The molecule has 106 valence electrons. The van der Waals surface area contributed by atoms with Gasteiger partial charge in [-0.2, -0.15) is 0 Å². The quantitative estimate of drug-likeness (QED) is 0.892. The van der Waals surface area contributed by atoms with Crippen LogP contribution >= 0.6 is 11.3 Å². The van der Waals surface area contributed by atoms with E-state index in [0.29, 0.717) is 12.5 Å². The fraction of sp³-hybridized carbons (Fsp3) is 0.714. The number of thiazole rings is 1. The minimum Gasteiger partial charge on any atom is -0.349 e. The Balaban J connectivity index is 1.98. The number of aromatic nitrogens is 1. The summed E-state index contributed by atoms with van der Waals surface area (Å²) >= 11 is 1.57. The lowest BCUT2D eigenvalue weighted by atomic mass is 9.61. The zero-order valence-electron chi connectivity index (χ0n) is 11.8. The van der Waals surface area contributed by atoms with Crippen molar-refractivity contribution >= 4 is 17.2 Å². The van der Waals surface area contributed by atoms with E-state index in [9.17, 15) is 4.79 Å². The van der Waals surface area contributed by atoms with E-state index in [2.05, 4.69) is 31.1 Å². The van der Waals surface area contributed by atoms with E-state index in [1.54, 1.807) is 17.5 Å². The highest BCUT2D eigenvalue weighted by Crippen LogP contribution is 2.44. The van der Waals surface area contributed by atoms with Crippen LogP contribution in [-0.4, -0.2) is 16.9 Å². The molecule has 3 unspecified atom stereocenters. The van der Waals surface area contributed by atoms with E-state index in [1.807, 2.05) is 5.38 Å². The molecule has 0 bridgehead atoms. The highest BCUT2D eigenvalue weighted by atomic mass is 32.1. The van der Waals surface area contributed by atoms with Gasteiger partial charge in [0.1, 0.15) is 5.01 Å². The molecule has 0 aromatic carbocycles. The van der Waals surface area contributed by atoms with Gasteiger partial charge in [0, 0.05) is 23.5 Å². The van der Waals surface area contributed by atoms with E-state index >= 15 is 0 Å². The molecular formula is C14H23N3OS. The molecule has 1 aliphatic rings. The Kier molecular flexibility index (Phi) is 4.26. The van der Waals surface area contributed by atoms with Crippen LogP contribution in [0.1, 0.15) is 38.6 Å². The molecule has 3 N–H and O–H groups in total. The summed E-state index contributed by atoms with van der Waals surface area (Å²) in [6.07, 6.45) is 3.57. The first-order valence-corrected chi connectivity index (χ1v) is 7.72. The molecule has 0 spiro atoms. The number of hydrogen-bond acceptors (Lipinski definition) is 4. The molecule has 4 nitrogen and oxygen atoms in total. The maximum Gasteiger partial charge on any atom is 0.224 e. The van der Waals surface area contributed by atoms with Gasteiger partial charge >= 0.3 is 0 Å². The van der Waals surface area contributed by atoms with Gasteiger partial charge in [0.25, 0.3) is 0 Å². The van der Waals surface area contributed by atoms with E-state index in [0.717, 1.165) is 17.8 Å². The minimum atomic E-state index is -0.0510. The third-order valence-corrected chi connectivity index (χ3v) is 5.50. The van der Waals surface area contributed by atoms with E-state index in [1.165, 1.54) is 0 Å². The summed E-state index contributed by atoms with van der Waals surface area (Å²) in [6.45, 7) is 7.00. The maximum atomic E-state index is 12.4. The molecule has 1 amide bonds. The van der Waals surface area contributed by atoms with Crippen LogP contribution in [0.4, 0.5) is 0 Å². The standard InChI is InChI=1S/C14H23N3OS/c1-9-11(15)5-4-10(14(9,2)3)13(18)17-8-12-16-6-7-19-12/h6-7,9-11H,4-5,8,15H2,1-3H3,(H,17,18).